The molecule has 0 aromatic rings. The van der Waals surface area contributed by atoms with Crippen LogP contribution in [0.4, 0.5) is 0 Å². The van der Waals surface area contributed by atoms with Crippen molar-refractivity contribution >= 4 is 10.9 Å². The lowest BCUT2D eigenvalue weighted by Gasteiger charge is -1.74. The smallest absolute Gasteiger partial charge is 0.00928 e. The van der Waals surface area contributed by atoms with Gasteiger partial charge in [-0.2, -0.15) is 0 Å². The van der Waals surface area contributed by atoms with Crippen LogP contribution in [0.5, 0.6) is 0 Å². The van der Waals surface area contributed by atoms with E-state index in [1.54, 1.807) is 0 Å². The molecule has 1 heterocycles. The quantitative estimate of drug-likeness (QED) is 0.333. The molecule has 0 radical (unpaired) electrons. The van der Waals surface area contributed by atoms with Crippen LogP contribution in [0.3, 0.4) is 0 Å². The molecule has 0 aliphatic carbocycles. The minimum atomic E-state index is 0.568. The third-order valence-electron chi connectivity index (χ3n) is 1.17. The predicted octanol–water partition coefficient (Wildman–Crippen LogP) is 1.02. The van der Waals surface area contributed by atoms with Crippen LogP contribution in [0, 0.1) is 0 Å². The molecule has 1 aliphatic rings. The summed E-state index contributed by atoms with van der Waals surface area (Å²) >= 11 is 0. The Hall–Kier alpha value is 0.350. The molecule has 1 rings (SSSR count). The standard InChI is InChI=1S/C4H10S/c1-4-3-5(4)2/h4-5H,3H2,1-2H3. The molecule has 0 saturated carbocycles. The van der Waals surface area contributed by atoms with Crippen molar-refractivity contribution in [1.29, 1.82) is 0 Å². The van der Waals surface area contributed by atoms with E-state index in [1.807, 2.05) is 0 Å². The van der Waals surface area contributed by atoms with Gasteiger partial charge in [-0.25, -0.2) is 0 Å². The number of hydrogen-bond donors (Lipinski definition) is 1. The minimum Gasteiger partial charge on any atom is -0.252 e. The van der Waals surface area contributed by atoms with Crippen molar-refractivity contribution in [2.75, 3.05) is 12.0 Å². The van der Waals surface area contributed by atoms with Crippen molar-refractivity contribution in [2.24, 2.45) is 0 Å². The van der Waals surface area contributed by atoms with Crippen molar-refractivity contribution in [2.45, 2.75) is 12.2 Å². The highest BCUT2D eigenvalue weighted by molar-refractivity contribution is 8.23. The molecule has 0 spiro atoms. The summed E-state index contributed by atoms with van der Waals surface area (Å²) in [5.74, 6) is 1.54. The molecule has 2 unspecified atom stereocenters. The van der Waals surface area contributed by atoms with Gasteiger partial charge in [-0.3, -0.25) is 10.9 Å². The van der Waals surface area contributed by atoms with Gasteiger partial charge in [0.15, 0.2) is 0 Å². The summed E-state index contributed by atoms with van der Waals surface area (Å²) in [6.07, 6.45) is 2.36. The Morgan fingerprint density at radius 2 is 2.00 bits per heavy atom. The van der Waals surface area contributed by atoms with Crippen molar-refractivity contribution in [3.63, 3.8) is 0 Å². The van der Waals surface area contributed by atoms with Gasteiger partial charge in [0.05, 0.1) is 0 Å². The van der Waals surface area contributed by atoms with E-state index in [-0.39, 0.29) is 0 Å². The van der Waals surface area contributed by atoms with Crippen molar-refractivity contribution in [3.8, 4) is 0 Å². The zero-order valence-corrected chi connectivity index (χ0v) is 4.63. The molecule has 5 heavy (non-hydrogen) atoms. The maximum absolute atomic E-state index is 2.36. The Kier molecular flexibility index (Phi) is 0.639. The number of hydrogen-bond acceptors (Lipinski definition) is 0. The van der Waals surface area contributed by atoms with E-state index in [4.69, 9.17) is 0 Å². The fourth-order valence-corrected chi connectivity index (χ4v) is 1.60. The summed E-state index contributed by atoms with van der Waals surface area (Å²) in [4.78, 5) is 0. The summed E-state index contributed by atoms with van der Waals surface area (Å²) in [5.41, 5.74) is 0. The molecule has 0 aromatic carbocycles. The molecule has 32 valence electrons. The first-order chi connectivity index (χ1) is 2.30. The SMILES string of the molecule is CC1C[SH]1C. The zero-order chi connectivity index (χ0) is 3.86. The van der Waals surface area contributed by atoms with Crippen LogP contribution in [0.25, 0.3) is 0 Å². The van der Waals surface area contributed by atoms with E-state index in [2.05, 4.69) is 13.2 Å². The monoisotopic (exact) mass is 90.1 g/mol. The van der Waals surface area contributed by atoms with Gasteiger partial charge >= 0.3 is 0 Å². The van der Waals surface area contributed by atoms with Crippen LogP contribution in [0.15, 0.2) is 0 Å². The minimum absolute atomic E-state index is 0.568. The van der Waals surface area contributed by atoms with Crippen molar-refractivity contribution in [3.05, 3.63) is 0 Å². The van der Waals surface area contributed by atoms with Gasteiger partial charge in [-0.05, 0) is 17.3 Å². The second-order valence-corrected chi connectivity index (χ2v) is 4.55. The first-order valence-electron chi connectivity index (χ1n) is 2.01. The Morgan fingerprint density at radius 3 is 2.00 bits per heavy atom. The molecule has 0 nitrogen and oxygen atoms in total. The van der Waals surface area contributed by atoms with E-state index >= 15 is 0 Å². The average molecular weight is 90.2 g/mol. The van der Waals surface area contributed by atoms with E-state index in [0.29, 0.717) is 10.9 Å². The summed E-state index contributed by atoms with van der Waals surface area (Å²) in [7, 11) is 0.568. The second kappa shape index (κ2) is 0.904. The number of rotatable bonds is 0. The zero-order valence-electron chi connectivity index (χ0n) is 3.73. The molecule has 0 N–H and O–H groups in total. The maximum atomic E-state index is 2.36. The average Bonchev–Trinajstić information content (AvgIpc) is 1.79. The van der Waals surface area contributed by atoms with Crippen LogP contribution in [0.2, 0.25) is 0 Å². The molecule has 2 atom stereocenters. The van der Waals surface area contributed by atoms with Gasteiger partial charge < -0.3 is 0 Å². The largest absolute Gasteiger partial charge is 0.252 e. The van der Waals surface area contributed by atoms with Crippen molar-refractivity contribution in [1.82, 2.24) is 0 Å². The number of thiol groups is 1. The van der Waals surface area contributed by atoms with Gasteiger partial charge in [0.25, 0.3) is 0 Å². The van der Waals surface area contributed by atoms with Gasteiger partial charge in [0.1, 0.15) is 0 Å². The maximum Gasteiger partial charge on any atom is -0.00928 e. The van der Waals surface area contributed by atoms with E-state index in [1.165, 1.54) is 5.75 Å². The highest BCUT2D eigenvalue weighted by Crippen LogP contribution is 2.44. The lowest BCUT2D eigenvalue weighted by atomic mass is 10.6. The molecule has 1 saturated heterocycles. The molecule has 0 amide bonds. The van der Waals surface area contributed by atoms with Crippen LogP contribution in [-0.4, -0.2) is 17.3 Å². The lowest BCUT2D eigenvalue weighted by Crippen LogP contribution is -1.60. The normalized spacial score (nSPS) is 56.4. The summed E-state index contributed by atoms with van der Waals surface area (Å²) in [5, 5.41) is 1.12. The summed E-state index contributed by atoms with van der Waals surface area (Å²) in [6, 6.07) is 0. The fourth-order valence-electron chi connectivity index (χ4n) is 0.370. The molecule has 1 fully saturated rings. The Morgan fingerprint density at radius 1 is 1.80 bits per heavy atom. The summed E-state index contributed by atoms with van der Waals surface area (Å²) in [6.45, 7) is 2.33. The van der Waals surface area contributed by atoms with Gasteiger partial charge in [-0.15, -0.1) is 0 Å². The molecule has 1 heteroatoms. The van der Waals surface area contributed by atoms with Crippen LogP contribution < -0.4 is 0 Å². The van der Waals surface area contributed by atoms with Gasteiger partial charge in [0.2, 0.25) is 0 Å². The van der Waals surface area contributed by atoms with E-state index in [9.17, 15) is 0 Å². The van der Waals surface area contributed by atoms with Gasteiger partial charge in [0, 0.05) is 0 Å². The third kappa shape index (κ3) is 0.596. The lowest BCUT2D eigenvalue weighted by molar-refractivity contribution is 1.25. The van der Waals surface area contributed by atoms with E-state index in [0.717, 1.165) is 5.25 Å². The molecule has 1 aliphatic heterocycles. The molecule has 0 aromatic heterocycles. The summed E-state index contributed by atoms with van der Waals surface area (Å²) < 4.78 is 0. The third-order valence-corrected chi connectivity index (χ3v) is 3.51. The highest BCUT2D eigenvalue weighted by Gasteiger charge is 2.22. The predicted molar refractivity (Wildman–Crippen MR) is 29.2 cm³/mol. The second-order valence-electron chi connectivity index (χ2n) is 1.79. The van der Waals surface area contributed by atoms with Crippen LogP contribution >= 0.6 is 10.9 Å². The van der Waals surface area contributed by atoms with Gasteiger partial charge in [-0.1, -0.05) is 6.92 Å². The molecular weight excluding hydrogens is 80.1 g/mol. The topological polar surface area (TPSA) is 0 Å². The first kappa shape index (κ1) is 3.54. The Bertz CT molecular complexity index is 36.9. The van der Waals surface area contributed by atoms with Crippen molar-refractivity contribution < 1.29 is 0 Å². The van der Waals surface area contributed by atoms with E-state index < -0.39 is 0 Å². The first-order valence-corrected chi connectivity index (χ1v) is 4.05. The molecule has 0 bridgehead atoms. The van der Waals surface area contributed by atoms with Crippen LogP contribution in [-0.2, 0) is 0 Å². The Labute approximate surface area is 35.9 Å². The fraction of sp³-hybridized carbons (Fsp3) is 1.00. The highest BCUT2D eigenvalue weighted by atomic mass is 32.2. The molecular formula is C4H10S. The van der Waals surface area contributed by atoms with Crippen LogP contribution in [0.1, 0.15) is 6.92 Å². The Balaban J connectivity index is 2.20.